The molecule has 0 atom stereocenters. The molecule has 4 heterocycles. The van der Waals surface area contributed by atoms with E-state index in [1.54, 1.807) is 0 Å². The van der Waals surface area contributed by atoms with E-state index in [1.807, 2.05) is 6.07 Å². The summed E-state index contributed by atoms with van der Waals surface area (Å²) < 4.78 is 6.82. The average Bonchev–Trinajstić information content (AvgIpc) is 3.68. The van der Waals surface area contributed by atoms with Crippen LogP contribution in [0.4, 0.5) is 0 Å². The number of nitrogens with zero attached hydrogens (tertiary/aromatic N) is 5. The van der Waals surface area contributed by atoms with Crippen LogP contribution in [-0.2, 0) is 0 Å². The third-order valence-electron chi connectivity index (χ3n) is 8.03. The molecule has 0 N–H and O–H groups in total. The first-order chi connectivity index (χ1) is 20.4. The summed E-state index contributed by atoms with van der Waals surface area (Å²) in [6.45, 7) is 0. The molecule has 0 unspecified atom stereocenters. The summed E-state index contributed by atoms with van der Waals surface area (Å²) in [7, 11) is 0. The lowest BCUT2D eigenvalue weighted by Gasteiger charge is -2.13. The lowest BCUT2D eigenvalue weighted by Crippen LogP contribution is -2.05. The third kappa shape index (κ3) is 3.11. The molecule has 0 spiro atoms. The Morgan fingerprint density at radius 3 is 1.54 bits per heavy atom. The summed E-state index contributed by atoms with van der Waals surface area (Å²) in [6.07, 6.45) is 0. The number of benzene rings is 5. The Kier molecular flexibility index (Phi) is 4.55. The second kappa shape index (κ2) is 8.41. The molecule has 4 aromatic heterocycles. The van der Waals surface area contributed by atoms with Crippen LogP contribution in [0, 0.1) is 0 Å². The molecule has 5 nitrogen and oxygen atoms in total. The molecule has 192 valence electrons. The fourth-order valence-electron chi connectivity index (χ4n) is 6.28. The molecule has 0 saturated heterocycles. The van der Waals surface area contributed by atoms with Gasteiger partial charge in [0.25, 0.3) is 0 Å². The van der Waals surface area contributed by atoms with Crippen molar-refractivity contribution < 1.29 is 0 Å². The highest BCUT2D eigenvalue weighted by atomic mass is 15.2. The van der Waals surface area contributed by atoms with Gasteiger partial charge in [0.05, 0.1) is 16.6 Å². The fraction of sp³-hybridized carbons (Fsp3) is 0. The lowest BCUT2D eigenvalue weighted by atomic mass is 10.2. The topological polar surface area (TPSA) is 40.6 Å². The largest absolute Gasteiger partial charge is 0.295 e. The van der Waals surface area contributed by atoms with Crippen molar-refractivity contribution >= 4 is 55.0 Å². The number of aromatic nitrogens is 5. The second-order valence-electron chi connectivity index (χ2n) is 10.3. The van der Waals surface area contributed by atoms with Crippen molar-refractivity contribution in [1.29, 1.82) is 0 Å². The monoisotopic (exact) mass is 525 g/mol. The van der Waals surface area contributed by atoms with E-state index in [2.05, 4.69) is 147 Å². The van der Waals surface area contributed by atoms with Gasteiger partial charge in [0, 0.05) is 27.5 Å². The molecular formula is C36H23N5. The Morgan fingerprint density at radius 1 is 0.390 bits per heavy atom. The van der Waals surface area contributed by atoms with Crippen LogP contribution in [0.15, 0.2) is 140 Å². The van der Waals surface area contributed by atoms with Gasteiger partial charge in [-0.05, 0) is 48.5 Å². The molecule has 0 amide bonds. The molecule has 0 aliphatic heterocycles. The van der Waals surface area contributed by atoms with Crippen molar-refractivity contribution in [3.05, 3.63) is 140 Å². The van der Waals surface area contributed by atoms with Crippen LogP contribution in [0.25, 0.3) is 72.2 Å². The second-order valence-corrected chi connectivity index (χ2v) is 10.3. The minimum atomic E-state index is 0.832. The van der Waals surface area contributed by atoms with Gasteiger partial charge in [-0.3, -0.25) is 13.7 Å². The molecule has 9 rings (SSSR count). The van der Waals surface area contributed by atoms with E-state index in [0.717, 1.165) is 66.8 Å². The van der Waals surface area contributed by atoms with E-state index >= 15 is 0 Å². The van der Waals surface area contributed by atoms with Crippen molar-refractivity contribution in [2.45, 2.75) is 0 Å². The van der Waals surface area contributed by atoms with Gasteiger partial charge in [0.15, 0.2) is 11.3 Å². The predicted octanol–water partition coefficient (Wildman–Crippen LogP) is 8.61. The first kappa shape index (κ1) is 22.2. The summed E-state index contributed by atoms with van der Waals surface area (Å²) in [6, 6.07) is 48.7. The number of hydrogen-bond donors (Lipinski definition) is 0. The normalized spacial score (nSPS) is 11.9. The molecule has 0 aliphatic carbocycles. The molecule has 0 aliphatic rings. The smallest absolute Gasteiger partial charge is 0.168 e. The van der Waals surface area contributed by atoms with Crippen molar-refractivity contribution in [2.24, 2.45) is 0 Å². The maximum atomic E-state index is 5.46. The maximum absolute atomic E-state index is 5.46. The average molecular weight is 526 g/mol. The predicted molar refractivity (Wildman–Crippen MR) is 168 cm³/mol. The Hall–Kier alpha value is -5.68. The van der Waals surface area contributed by atoms with Gasteiger partial charge in [-0.15, -0.1) is 0 Å². The number of fused-ring (bicyclic) bond motifs is 7. The number of rotatable bonds is 3. The Balaban J connectivity index is 1.48. The lowest BCUT2D eigenvalue weighted by molar-refractivity contribution is 0.987. The summed E-state index contributed by atoms with van der Waals surface area (Å²) in [5, 5.41) is 3.35. The highest BCUT2D eigenvalue weighted by molar-refractivity contribution is 6.12. The zero-order chi connectivity index (χ0) is 26.9. The zero-order valence-electron chi connectivity index (χ0n) is 22.0. The SMILES string of the molecule is c1ccc(-n2c(-n3c4ccccc4c4nc5c6ccccc6n(-c6ccccc6)c5nc43)cc3ccccc32)cc1. The van der Waals surface area contributed by atoms with Gasteiger partial charge in [0.1, 0.15) is 16.9 Å². The fourth-order valence-corrected chi connectivity index (χ4v) is 6.28. The summed E-state index contributed by atoms with van der Waals surface area (Å²) >= 11 is 0. The van der Waals surface area contributed by atoms with Gasteiger partial charge in [-0.2, -0.15) is 0 Å². The Morgan fingerprint density at radius 2 is 0.878 bits per heavy atom. The molecule has 0 bridgehead atoms. The number of para-hydroxylation sites is 5. The van der Waals surface area contributed by atoms with E-state index in [0.29, 0.717) is 0 Å². The van der Waals surface area contributed by atoms with Crippen molar-refractivity contribution in [3.63, 3.8) is 0 Å². The highest BCUT2D eigenvalue weighted by Crippen LogP contribution is 2.37. The Labute approximate surface area is 235 Å². The van der Waals surface area contributed by atoms with Crippen LogP contribution in [0.2, 0.25) is 0 Å². The zero-order valence-corrected chi connectivity index (χ0v) is 22.0. The summed E-state index contributed by atoms with van der Waals surface area (Å²) in [5.74, 6) is 1.03. The molecule has 5 heteroatoms. The van der Waals surface area contributed by atoms with Crippen LogP contribution in [0.5, 0.6) is 0 Å². The number of hydrogen-bond acceptors (Lipinski definition) is 2. The molecular weight excluding hydrogens is 502 g/mol. The minimum Gasteiger partial charge on any atom is -0.295 e. The van der Waals surface area contributed by atoms with E-state index in [-0.39, 0.29) is 0 Å². The molecule has 41 heavy (non-hydrogen) atoms. The van der Waals surface area contributed by atoms with Crippen molar-refractivity contribution in [3.8, 4) is 17.2 Å². The maximum Gasteiger partial charge on any atom is 0.168 e. The molecule has 0 radical (unpaired) electrons. The summed E-state index contributed by atoms with van der Waals surface area (Å²) in [4.78, 5) is 10.8. The summed E-state index contributed by atoms with van der Waals surface area (Å²) in [5.41, 5.74) is 8.95. The molecule has 0 saturated carbocycles. The molecule has 0 fully saturated rings. The van der Waals surface area contributed by atoms with E-state index in [4.69, 9.17) is 9.97 Å². The standard InChI is InChI=1S/C36H23N5/c1-3-14-25(15-4-1)39-29-20-10-7-13-24(29)23-32(39)41-31-22-12-9-19-28(31)34-36(41)38-35-33(37-34)27-18-8-11-21-30(27)40(35)26-16-5-2-6-17-26/h1-23H. The Bertz CT molecular complexity index is 2410. The van der Waals surface area contributed by atoms with Crippen LogP contribution in [-0.4, -0.2) is 23.7 Å². The van der Waals surface area contributed by atoms with Crippen LogP contribution < -0.4 is 0 Å². The van der Waals surface area contributed by atoms with Gasteiger partial charge < -0.3 is 0 Å². The molecule has 5 aromatic carbocycles. The van der Waals surface area contributed by atoms with Crippen molar-refractivity contribution in [2.75, 3.05) is 0 Å². The first-order valence-electron chi connectivity index (χ1n) is 13.8. The minimum absolute atomic E-state index is 0.832. The van der Waals surface area contributed by atoms with Crippen LogP contribution in [0.3, 0.4) is 0 Å². The van der Waals surface area contributed by atoms with E-state index in [1.165, 1.54) is 5.39 Å². The van der Waals surface area contributed by atoms with Gasteiger partial charge >= 0.3 is 0 Å². The quantitative estimate of drug-likeness (QED) is 0.232. The van der Waals surface area contributed by atoms with Gasteiger partial charge in [-0.1, -0.05) is 91.0 Å². The third-order valence-corrected chi connectivity index (χ3v) is 8.03. The molecule has 9 aromatic rings. The highest BCUT2D eigenvalue weighted by Gasteiger charge is 2.23. The van der Waals surface area contributed by atoms with Crippen LogP contribution >= 0.6 is 0 Å². The van der Waals surface area contributed by atoms with E-state index < -0.39 is 0 Å². The van der Waals surface area contributed by atoms with Crippen molar-refractivity contribution in [1.82, 2.24) is 23.7 Å². The van der Waals surface area contributed by atoms with Gasteiger partial charge in [-0.25, -0.2) is 9.97 Å². The first-order valence-corrected chi connectivity index (χ1v) is 13.8. The van der Waals surface area contributed by atoms with E-state index in [9.17, 15) is 0 Å². The van der Waals surface area contributed by atoms with Gasteiger partial charge in [0.2, 0.25) is 0 Å². The van der Waals surface area contributed by atoms with Crippen LogP contribution in [0.1, 0.15) is 0 Å².